The van der Waals surface area contributed by atoms with Crippen LogP contribution in [0.25, 0.3) is 0 Å². The van der Waals surface area contributed by atoms with Crippen molar-refractivity contribution in [3.8, 4) is 0 Å². The van der Waals surface area contributed by atoms with Crippen LogP contribution >= 0.6 is 0 Å². The molecule has 2 aromatic rings. The number of rotatable bonds is 9. The number of aryl methyl sites for hydroxylation is 1. The van der Waals surface area contributed by atoms with Gasteiger partial charge in [-0.15, -0.1) is 0 Å². The molecule has 0 aliphatic rings. The lowest BCUT2D eigenvalue weighted by Crippen LogP contribution is -2.46. The molecule has 2 amide bonds. The first-order valence-electron chi connectivity index (χ1n) is 10.7. The van der Waals surface area contributed by atoms with E-state index >= 15 is 0 Å². The summed E-state index contributed by atoms with van der Waals surface area (Å²) in [4.78, 5) is 61.3. The van der Waals surface area contributed by atoms with Crippen molar-refractivity contribution in [1.82, 2.24) is 5.32 Å². The Hall–Kier alpha value is -4.21. The highest BCUT2D eigenvalue weighted by Gasteiger charge is 2.27. The minimum atomic E-state index is -0.982. The molecular formula is C25H28N2O8. The first-order valence-corrected chi connectivity index (χ1v) is 10.7. The molecule has 0 aliphatic heterocycles. The lowest BCUT2D eigenvalue weighted by atomic mass is 10.0. The topological polar surface area (TPSA) is 137 Å². The summed E-state index contributed by atoms with van der Waals surface area (Å²) in [5, 5.41) is 5.10. The van der Waals surface area contributed by atoms with E-state index in [1.165, 1.54) is 32.4 Å². The SMILES string of the molecule is COC(=O)c1cc(NC(=O)COC(=O)[C@@H](NC(=O)c2cccc(C)c2)C(C)C)cc(C(=O)OC)c1. The van der Waals surface area contributed by atoms with Crippen LogP contribution in [0.3, 0.4) is 0 Å². The van der Waals surface area contributed by atoms with Crippen LogP contribution in [-0.4, -0.2) is 56.6 Å². The largest absolute Gasteiger partial charge is 0.465 e. The predicted octanol–water partition coefficient (Wildman–Crippen LogP) is 2.50. The van der Waals surface area contributed by atoms with Gasteiger partial charge in [0.25, 0.3) is 11.8 Å². The van der Waals surface area contributed by atoms with Crippen molar-refractivity contribution in [2.24, 2.45) is 5.92 Å². The summed E-state index contributed by atoms with van der Waals surface area (Å²) in [5.74, 6) is -3.69. The van der Waals surface area contributed by atoms with Gasteiger partial charge in [0, 0.05) is 11.3 Å². The predicted molar refractivity (Wildman–Crippen MR) is 126 cm³/mol. The van der Waals surface area contributed by atoms with Crippen LogP contribution in [0.4, 0.5) is 5.69 Å². The third-order valence-electron chi connectivity index (χ3n) is 4.89. The van der Waals surface area contributed by atoms with Gasteiger partial charge in [-0.2, -0.15) is 0 Å². The van der Waals surface area contributed by atoms with Crippen LogP contribution in [0.2, 0.25) is 0 Å². The van der Waals surface area contributed by atoms with Gasteiger partial charge < -0.3 is 24.8 Å². The third-order valence-corrected chi connectivity index (χ3v) is 4.89. The molecule has 0 bridgehead atoms. The van der Waals surface area contributed by atoms with Crippen LogP contribution in [0.15, 0.2) is 42.5 Å². The molecule has 35 heavy (non-hydrogen) atoms. The maximum atomic E-state index is 12.6. The highest BCUT2D eigenvalue weighted by Crippen LogP contribution is 2.17. The second-order valence-electron chi connectivity index (χ2n) is 8.00. The van der Waals surface area contributed by atoms with E-state index in [1.807, 2.05) is 13.0 Å². The second-order valence-corrected chi connectivity index (χ2v) is 8.00. The molecule has 0 radical (unpaired) electrons. The number of esters is 3. The van der Waals surface area contributed by atoms with Gasteiger partial charge in [0.1, 0.15) is 6.04 Å². The molecule has 1 atom stereocenters. The van der Waals surface area contributed by atoms with Crippen LogP contribution in [-0.2, 0) is 23.8 Å². The number of methoxy groups -OCH3 is 2. The van der Waals surface area contributed by atoms with Crippen molar-refractivity contribution in [3.05, 3.63) is 64.7 Å². The Labute approximate surface area is 202 Å². The number of amides is 2. The van der Waals surface area contributed by atoms with Crippen LogP contribution in [0, 0.1) is 12.8 Å². The average Bonchev–Trinajstić information content (AvgIpc) is 2.84. The summed E-state index contributed by atoms with van der Waals surface area (Å²) in [6, 6.07) is 9.78. The molecular weight excluding hydrogens is 456 g/mol. The smallest absolute Gasteiger partial charge is 0.337 e. The van der Waals surface area contributed by atoms with Gasteiger partial charge >= 0.3 is 17.9 Å². The molecule has 0 saturated heterocycles. The van der Waals surface area contributed by atoms with Crippen molar-refractivity contribution in [3.63, 3.8) is 0 Å². The fourth-order valence-electron chi connectivity index (χ4n) is 3.10. The van der Waals surface area contributed by atoms with E-state index in [1.54, 1.807) is 32.0 Å². The molecule has 0 heterocycles. The van der Waals surface area contributed by atoms with E-state index in [0.29, 0.717) is 5.56 Å². The van der Waals surface area contributed by atoms with Crippen molar-refractivity contribution >= 4 is 35.4 Å². The Morgan fingerprint density at radius 1 is 0.857 bits per heavy atom. The Morgan fingerprint density at radius 2 is 1.46 bits per heavy atom. The fourth-order valence-corrected chi connectivity index (χ4v) is 3.10. The van der Waals surface area contributed by atoms with Crippen molar-refractivity contribution in [2.75, 3.05) is 26.1 Å². The summed E-state index contributed by atoms with van der Waals surface area (Å²) in [6.07, 6.45) is 0. The minimum Gasteiger partial charge on any atom is -0.465 e. The van der Waals surface area contributed by atoms with Gasteiger partial charge in [0.2, 0.25) is 0 Å². The standard InChI is InChI=1S/C25H28N2O8/c1-14(2)21(27-22(29)16-8-6-7-15(3)9-16)25(32)35-13-20(28)26-19-11-17(23(30)33-4)10-18(12-19)24(31)34-5/h6-12,14,21H,13H2,1-5H3,(H,26,28)(H,27,29)/t21-/m0/s1. The second kappa shape index (κ2) is 12.3. The zero-order chi connectivity index (χ0) is 26.1. The lowest BCUT2D eigenvalue weighted by molar-refractivity contribution is -0.150. The van der Waals surface area contributed by atoms with Crippen LogP contribution < -0.4 is 10.6 Å². The van der Waals surface area contributed by atoms with Gasteiger partial charge in [0.05, 0.1) is 25.3 Å². The summed E-state index contributed by atoms with van der Waals surface area (Å²) >= 11 is 0. The highest BCUT2D eigenvalue weighted by atomic mass is 16.5. The van der Waals surface area contributed by atoms with Gasteiger partial charge in [-0.25, -0.2) is 14.4 Å². The van der Waals surface area contributed by atoms with Crippen molar-refractivity contribution < 1.29 is 38.2 Å². The van der Waals surface area contributed by atoms with Gasteiger partial charge in [-0.1, -0.05) is 31.5 Å². The minimum absolute atomic E-state index is 0.0152. The quantitative estimate of drug-likeness (QED) is 0.409. The van der Waals surface area contributed by atoms with Crippen LogP contribution in [0.1, 0.15) is 50.5 Å². The molecule has 0 aromatic heterocycles. The van der Waals surface area contributed by atoms with Gasteiger partial charge in [0.15, 0.2) is 6.61 Å². The summed E-state index contributed by atoms with van der Waals surface area (Å²) < 4.78 is 14.4. The van der Waals surface area contributed by atoms with E-state index in [9.17, 15) is 24.0 Å². The molecule has 0 fully saturated rings. The van der Waals surface area contributed by atoms with E-state index in [2.05, 4.69) is 20.1 Å². The normalized spacial score (nSPS) is 11.3. The summed E-state index contributed by atoms with van der Waals surface area (Å²) in [6.45, 7) is 4.65. The number of hydrogen-bond donors (Lipinski definition) is 2. The third kappa shape index (κ3) is 7.66. The summed E-state index contributed by atoms with van der Waals surface area (Å²) in [7, 11) is 2.35. The molecule has 10 nitrogen and oxygen atoms in total. The maximum Gasteiger partial charge on any atom is 0.337 e. The highest BCUT2D eigenvalue weighted by molar-refractivity contribution is 6.00. The Kier molecular flexibility index (Phi) is 9.51. The molecule has 0 saturated carbocycles. The number of benzene rings is 2. The molecule has 2 rings (SSSR count). The molecule has 10 heteroatoms. The number of hydrogen-bond acceptors (Lipinski definition) is 8. The Balaban J connectivity index is 2.06. The lowest BCUT2D eigenvalue weighted by Gasteiger charge is -2.21. The first kappa shape index (κ1) is 27.0. The average molecular weight is 485 g/mol. The number of carbonyl (C=O) groups is 5. The number of ether oxygens (including phenoxy) is 3. The Morgan fingerprint density at radius 3 is 1.97 bits per heavy atom. The molecule has 0 spiro atoms. The van der Waals surface area contributed by atoms with Gasteiger partial charge in [-0.05, 0) is 43.2 Å². The van der Waals surface area contributed by atoms with E-state index in [4.69, 9.17) is 4.74 Å². The van der Waals surface area contributed by atoms with Crippen LogP contribution in [0.5, 0.6) is 0 Å². The molecule has 186 valence electrons. The maximum absolute atomic E-state index is 12.6. The van der Waals surface area contributed by atoms with Gasteiger partial charge in [-0.3, -0.25) is 9.59 Å². The molecule has 2 aromatic carbocycles. The van der Waals surface area contributed by atoms with E-state index < -0.39 is 42.4 Å². The van der Waals surface area contributed by atoms with Crippen molar-refractivity contribution in [2.45, 2.75) is 26.8 Å². The molecule has 2 N–H and O–H groups in total. The fraction of sp³-hybridized carbons (Fsp3) is 0.320. The van der Waals surface area contributed by atoms with E-state index in [-0.39, 0.29) is 22.7 Å². The zero-order valence-corrected chi connectivity index (χ0v) is 20.2. The Bertz CT molecular complexity index is 1090. The van der Waals surface area contributed by atoms with Crippen molar-refractivity contribution in [1.29, 1.82) is 0 Å². The number of carbonyl (C=O) groups excluding carboxylic acids is 5. The zero-order valence-electron chi connectivity index (χ0n) is 20.2. The first-order chi connectivity index (χ1) is 16.5. The molecule has 0 aliphatic carbocycles. The number of nitrogens with one attached hydrogen (secondary N) is 2. The number of anilines is 1. The van der Waals surface area contributed by atoms with E-state index in [0.717, 1.165) is 5.56 Å². The monoisotopic (exact) mass is 484 g/mol. The molecule has 0 unspecified atom stereocenters. The summed E-state index contributed by atoms with van der Waals surface area (Å²) in [5.41, 5.74) is 1.42.